The summed E-state index contributed by atoms with van der Waals surface area (Å²) < 4.78 is 1.95. The molecule has 4 aromatic rings. The molecular formula is C20H20N4. The first-order chi connectivity index (χ1) is 11.8. The zero-order chi connectivity index (χ0) is 16.5. The Hall–Kier alpha value is -2.88. The van der Waals surface area contributed by atoms with Crippen LogP contribution in [0.5, 0.6) is 0 Å². The van der Waals surface area contributed by atoms with Gasteiger partial charge in [-0.1, -0.05) is 42.5 Å². The van der Waals surface area contributed by atoms with E-state index in [9.17, 15) is 0 Å². The number of pyridine rings is 1. The topological polar surface area (TPSA) is 42.7 Å². The zero-order valence-corrected chi connectivity index (χ0v) is 14.0. The van der Waals surface area contributed by atoms with Crippen LogP contribution >= 0.6 is 0 Å². The fraction of sp³-hybridized carbons (Fsp3) is 0.200. The summed E-state index contributed by atoms with van der Waals surface area (Å²) in [6.07, 6.45) is 1.92. The van der Waals surface area contributed by atoms with Crippen LogP contribution in [0.1, 0.15) is 18.1 Å². The van der Waals surface area contributed by atoms with E-state index >= 15 is 0 Å². The molecule has 0 atom stereocenters. The van der Waals surface area contributed by atoms with Crippen molar-refractivity contribution in [3.63, 3.8) is 0 Å². The van der Waals surface area contributed by atoms with Gasteiger partial charge in [-0.2, -0.15) is 5.10 Å². The lowest BCUT2D eigenvalue weighted by molar-refractivity contribution is 0.677. The van der Waals surface area contributed by atoms with Gasteiger partial charge in [-0.15, -0.1) is 0 Å². The number of hydrogen-bond donors (Lipinski definition) is 1. The van der Waals surface area contributed by atoms with Crippen molar-refractivity contribution in [3.8, 4) is 0 Å². The van der Waals surface area contributed by atoms with Gasteiger partial charge < -0.3 is 5.32 Å². The molecule has 4 nitrogen and oxygen atoms in total. The molecule has 4 rings (SSSR count). The molecule has 2 aromatic heterocycles. The quantitative estimate of drug-likeness (QED) is 0.602. The van der Waals surface area contributed by atoms with E-state index in [2.05, 4.69) is 66.7 Å². The van der Waals surface area contributed by atoms with E-state index in [0.717, 1.165) is 40.7 Å². The normalized spacial score (nSPS) is 11.2. The van der Waals surface area contributed by atoms with Crippen LogP contribution in [0.15, 0.2) is 54.7 Å². The molecule has 4 heteroatoms. The molecule has 2 aromatic carbocycles. The molecule has 0 aliphatic heterocycles. The summed E-state index contributed by atoms with van der Waals surface area (Å²) in [5.74, 6) is 0. The average molecular weight is 316 g/mol. The highest BCUT2D eigenvalue weighted by atomic mass is 15.3. The Balaban J connectivity index is 1.87. The van der Waals surface area contributed by atoms with Gasteiger partial charge in [-0.25, -0.2) is 9.67 Å². The van der Waals surface area contributed by atoms with Crippen molar-refractivity contribution < 1.29 is 0 Å². The summed E-state index contributed by atoms with van der Waals surface area (Å²) in [5, 5.41) is 10.3. The van der Waals surface area contributed by atoms with Crippen LogP contribution in [0.3, 0.4) is 0 Å². The third kappa shape index (κ3) is 2.50. The molecule has 0 bridgehead atoms. The molecule has 120 valence electrons. The first-order valence-electron chi connectivity index (χ1n) is 8.30. The lowest BCUT2D eigenvalue weighted by Crippen LogP contribution is -2.03. The summed E-state index contributed by atoms with van der Waals surface area (Å²) in [5.41, 5.74) is 5.52. The van der Waals surface area contributed by atoms with Crippen LogP contribution in [0.2, 0.25) is 0 Å². The second-order valence-electron chi connectivity index (χ2n) is 6.04. The largest absolute Gasteiger partial charge is 0.380 e. The number of aromatic nitrogens is 3. The summed E-state index contributed by atoms with van der Waals surface area (Å²) in [6.45, 7) is 5.78. The Morgan fingerprint density at radius 2 is 1.88 bits per heavy atom. The molecule has 0 unspecified atom stereocenters. The van der Waals surface area contributed by atoms with Crippen molar-refractivity contribution in [1.29, 1.82) is 0 Å². The Labute approximate surface area is 141 Å². The first kappa shape index (κ1) is 14.7. The highest BCUT2D eigenvalue weighted by Gasteiger charge is 2.13. The minimum Gasteiger partial charge on any atom is -0.380 e. The predicted octanol–water partition coefficient (Wildman–Crippen LogP) is 4.52. The van der Waals surface area contributed by atoms with E-state index in [1.54, 1.807) is 0 Å². The van der Waals surface area contributed by atoms with E-state index in [1.807, 2.05) is 16.9 Å². The molecular weight excluding hydrogens is 296 g/mol. The number of fused-ring (bicyclic) bond motifs is 2. The summed E-state index contributed by atoms with van der Waals surface area (Å²) in [6, 6.07) is 16.8. The van der Waals surface area contributed by atoms with Crippen LogP contribution in [0.4, 0.5) is 5.69 Å². The second kappa shape index (κ2) is 5.96. The van der Waals surface area contributed by atoms with E-state index in [0.29, 0.717) is 0 Å². The number of benzene rings is 2. The van der Waals surface area contributed by atoms with Crippen molar-refractivity contribution in [2.24, 2.45) is 0 Å². The van der Waals surface area contributed by atoms with Crippen molar-refractivity contribution in [2.75, 3.05) is 5.32 Å². The standard InChI is InChI=1S/C20H20N4/c1-3-24-20-17(13-22-24)19(21-12-15-7-5-4-6-8-15)16-10-9-14(2)11-18(16)23-20/h4-11,13H,3,12H2,1-2H3,(H,21,23). The fourth-order valence-corrected chi connectivity index (χ4v) is 3.09. The molecule has 0 fully saturated rings. The molecule has 0 spiro atoms. The van der Waals surface area contributed by atoms with Crippen molar-refractivity contribution in [3.05, 3.63) is 65.9 Å². The van der Waals surface area contributed by atoms with Crippen molar-refractivity contribution >= 4 is 27.6 Å². The maximum absolute atomic E-state index is 4.85. The first-order valence-corrected chi connectivity index (χ1v) is 8.30. The third-order valence-corrected chi connectivity index (χ3v) is 4.34. The van der Waals surface area contributed by atoms with Crippen molar-refractivity contribution in [2.45, 2.75) is 26.9 Å². The molecule has 1 N–H and O–H groups in total. The average Bonchev–Trinajstić information content (AvgIpc) is 3.02. The predicted molar refractivity (Wildman–Crippen MR) is 99.2 cm³/mol. The van der Waals surface area contributed by atoms with Gasteiger partial charge in [0.05, 0.1) is 22.8 Å². The molecule has 0 saturated carbocycles. The summed E-state index contributed by atoms with van der Waals surface area (Å²) in [4.78, 5) is 4.85. The van der Waals surface area contributed by atoms with Crippen LogP contribution in [0, 0.1) is 6.92 Å². The van der Waals surface area contributed by atoms with E-state index < -0.39 is 0 Å². The van der Waals surface area contributed by atoms with Gasteiger partial charge >= 0.3 is 0 Å². The van der Waals surface area contributed by atoms with Gasteiger partial charge in [0.15, 0.2) is 5.65 Å². The maximum Gasteiger partial charge on any atom is 0.160 e. The fourth-order valence-electron chi connectivity index (χ4n) is 3.09. The zero-order valence-electron chi connectivity index (χ0n) is 14.0. The Bertz CT molecular complexity index is 1000. The minimum atomic E-state index is 0.778. The number of rotatable bonds is 4. The van der Waals surface area contributed by atoms with Gasteiger partial charge in [0.2, 0.25) is 0 Å². The van der Waals surface area contributed by atoms with Crippen LogP contribution in [0.25, 0.3) is 21.9 Å². The number of aryl methyl sites for hydroxylation is 2. The van der Waals surface area contributed by atoms with E-state index in [4.69, 9.17) is 4.98 Å². The maximum atomic E-state index is 4.85. The van der Waals surface area contributed by atoms with Gasteiger partial charge in [0.1, 0.15) is 0 Å². The van der Waals surface area contributed by atoms with Gasteiger partial charge in [0, 0.05) is 18.5 Å². The van der Waals surface area contributed by atoms with Crippen LogP contribution in [-0.2, 0) is 13.1 Å². The number of hydrogen-bond acceptors (Lipinski definition) is 3. The Kier molecular flexibility index (Phi) is 3.65. The molecule has 24 heavy (non-hydrogen) atoms. The Morgan fingerprint density at radius 3 is 2.67 bits per heavy atom. The van der Waals surface area contributed by atoms with Gasteiger partial charge in [-0.05, 0) is 31.0 Å². The van der Waals surface area contributed by atoms with Gasteiger partial charge in [-0.3, -0.25) is 0 Å². The highest BCUT2D eigenvalue weighted by molar-refractivity contribution is 6.06. The summed E-state index contributed by atoms with van der Waals surface area (Å²) >= 11 is 0. The highest BCUT2D eigenvalue weighted by Crippen LogP contribution is 2.31. The molecule has 0 saturated heterocycles. The number of anilines is 1. The Morgan fingerprint density at radius 1 is 1.04 bits per heavy atom. The lowest BCUT2D eigenvalue weighted by Gasteiger charge is -2.12. The molecule has 0 aliphatic rings. The molecule has 2 heterocycles. The van der Waals surface area contributed by atoms with Gasteiger partial charge in [0.25, 0.3) is 0 Å². The summed E-state index contributed by atoms with van der Waals surface area (Å²) in [7, 11) is 0. The molecule has 0 amide bonds. The van der Waals surface area contributed by atoms with Crippen LogP contribution < -0.4 is 5.32 Å². The smallest absolute Gasteiger partial charge is 0.160 e. The van der Waals surface area contributed by atoms with Crippen LogP contribution in [-0.4, -0.2) is 14.8 Å². The third-order valence-electron chi connectivity index (χ3n) is 4.34. The van der Waals surface area contributed by atoms with Crippen molar-refractivity contribution in [1.82, 2.24) is 14.8 Å². The monoisotopic (exact) mass is 316 g/mol. The molecule has 0 radical (unpaired) electrons. The minimum absolute atomic E-state index is 0.778. The SMILES string of the molecule is CCn1ncc2c(NCc3ccccc3)c3ccc(C)cc3nc21. The lowest BCUT2D eigenvalue weighted by atomic mass is 10.1. The van der Waals surface area contributed by atoms with E-state index in [1.165, 1.54) is 11.1 Å². The number of nitrogens with one attached hydrogen (secondary N) is 1. The number of nitrogens with zero attached hydrogens (tertiary/aromatic N) is 3. The second-order valence-corrected chi connectivity index (χ2v) is 6.04. The van der Waals surface area contributed by atoms with E-state index in [-0.39, 0.29) is 0 Å². The molecule has 0 aliphatic carbocycles.